The standard InChI is InChI=1S/C38H74O4/c1-3-5-7-9-11-13-15-17-19-21-23-25-27-29-31-33-37(39)42-35-34-36(38(40)41)32-30-28-26-24-22-20-18-16-14-12-10-8-6-4-2/h36H,3-35H2,1-2H3,(H,40,41). The Hall–Kier alpha value is -1.06. The molecule has 0 aliphatic rings. The lowest BCUT2D eigenvalue weighted by atomic mass is 9.97. The summed E-state index contributed by atoms with van der Waals surface area (Å²) in [6.45, 7) is 4.79. The van der Waals surface area contributed by atoms with Gasteiger partial charge in [-0.1, -0.05) is 194 Å². The van der Waals surface area contributed by atoms with Crippen LogP contribution in [0.2, 0.25) is 0 Å². The number of esters is 1. The van der Waals surface area contributed by atoms with Crippen molar-refractivity contribution in [1.29, 1.82) is 0 Å². The number of unbranched alkanes of at least 4 members (excludes halogenated alkanes) is 27. The summed E-state index contributed by atoms with van der Waals surface area (Å²) >= 11 is 0. The molecule has 0 fully saturated rings. The van der Waals surface area contributed by atoms with Crippen LogP contribution in [-0.2, 0) is 14.3 Å². The van der Waals surface area contributed by atoms with Gasteiger partial charge in [-0.15, -0.1) is 0 Å². The van der Waals surface area contributed by atoms with E-state index >= 15 is 0 Å². The number of ether oxygens (including phenoxy) is 1. The molecule has 1 atom stereocenters. The Morgan fingerprint density at radius 1 is 0.452 bits per heavy atom. The topological polar surface area (TPSA) is 63.6 Å². The fourth-order valence-corrected chi connectivity index (χ4v) is 6.00. The second kappa shape index (κ2) is 34.4. The Kier molecular flexibility index (Phi) is 33.6. The van der Waals surface area contributed by atoms with Crippen LogP contribution in [0.25, 0.3) is 0 Å². The van der Waals surface area contributed by atoms with E-state index in [0.29, 0.717) is 19.3 Å². The zero-order valence-corrected chi connectivity index (χ0v) is 28.6. The third kappa shape index (κ3) is 31.9. The molecule has 0 heterocycles. The van der Waals surface area contributed by atoms with Crippen LogP contribution in [0.5, 0.6) is 0 Å². The molecule has 250 valence electrons. The van der Waals surface area contributed by atoms with Gasteiger partial charge in [0.2, 0.25) is 0 Å². The Morgan fingerprint density at radius 2 is 0.762 bits per heavy atom. The Balaban J connectivity index is 3.49. The molecule has 0 aliphatic heterocycles. The molecular weight excluding hydrogens is 520 g/mol. The number of aliphatic carboxylic acids is 1. The Bertz CT molecular complexity index is 561. The Labute approximate surface area is 262 Å². The highest BCUT2D eigenvalue weighted by Crippen LogP contribution is 2.18. The highest BCUT2D eigenvalue weighted by Gasteiger charge is 2.17. The number of carbonyl (C=O) groups excluding carboxylic acids is 1. The van der Waals surface area contributed by atoms with Gasteiger partial charge in [0.25, 0.3) is 0 Å². The smallest absolute Gasteiger partial charge is 0.306 e. The summed E-state index contributed by atoms with van der Waals surface area (Å²) in [7, 11) is 0. The molecule has 0 aromatic rings. The molecule has 0 saturated heterocycles. The maximum atomic E-state index is 12.1. The number of hydrogen-bond acceptors (Lipinski definition) is 3. The number of rotatable bonds is 35. The van der Waals surface area contributed by atoms with Crippen LogP contribution in [0.3, 0.4) is 0 Å². The summed E-state index contributed by atoms with van der Waals surface area (Å²) in [5, 5.41) is 9.55. The lowest BCUT2D eigenvalue weighted by molar-refractivity contribution is -0.148. The average Bonchev–Trinajstić information content (AvgIpc) is 2.98. The van der Waals surface area contributed by atoms with Gasteiger partial charge in [0.15, 0.2) is 0 Å². The second-order valence-corrected chi connectivity index (χ2v) is 13.1. The predicted octanol–water partition coefficient (Wildman–Crippen LogP) is 12.8. The molecule has 0 aromatic heterocycles. The average molecular weight is 595 g/mol. The monoisotopic (exact) mass is 595 g/mol. The fraction of sp³-hybridized carbons (Fsp3) is 0.947. The molecule has 0 radical (unpaired) electrons. The fourth-order valence-electron chi connectivity index (χ4n) is 6.00. The van der Waals surface area contributed by atoms with Crippen molar-refractivity contribution in [3.63, 3.8) is 0 Å². The first-order valence-corrected chi connectivity index (χ1v) is 19.0. The van der Waals surface area contributed by atoms with Crippen molar-refractivity contribution in [2.75, 3.05) is 6.61 Å². The second-order valence-electron chi connectivity index (χ2n) is 13.1. The van der Waals surface area contributed by atoms with Crippen LogP contribution < -0.4 is 0 Å². The highest BCUT2D eigenvalue weighted by atomic mass is 16.5. The van der Waals surface area contributed by atoms with Gasteiger partial charge < -0.3 is 9.84 Å². The highest BCUT2D eigenvalue weighted by molar-refractivity contribution is 5.70. The first-order valence-electron chi connectivity index (χ1n) is 19.0. The van der Waals surface area contributed by atoms with Crippen molar-refractivity contribution in [1.82, 2.24) is 0 Å². The van der Waals surface area contributed by atoms with E-state index in [1.807, 2.05) is 0 Å². The van der Waals surface area contributed by atoms with Gasteiger partial charge in [0.1, 0.15) is 0 Å². The van der Waals surface area contributed by atoms with E-state index in [1.54, 1.807) is 0 Å². The summed E-state index contributed by atoms with van der Waals surface area (Å²) in [6.07, 6.45) is 39.6. The number of carboxylic acid groups (broad SMARTS) is 1. The maximum absolute atomic E-state index is 12.1. The van der Waals surface area contributed by atoms with Gasteiger partial charge in [-0.3, -0.25) is 9.59 Å². The van der Waals surface area contributed by atoms with Gasteiger partial charge >= 0.3 is 11.9 Å². The van der Waals surface area contributed by atoms with E-state index in [9.17, 15) is 14.7 Å². The predicted molar refractivity (Wildman–Crippen MR) is 181 cm³/mol. The SMILES string of the molecule is CCCCCCCCCCCCCCCCCC(=O)OCCC(CCCCCCCCCCCCCCCC)C(=O)O. The van der Waals surface area contributed by atoms with Crippen molar-refractivity contribution < 1.29 is 19.4 Å². The van der Waals surface area contributed by atoms with Crippen molar-refractivity contribution in [3.05, 3.63) is 0 Å². The molecule has 0 amide bonds. The van der Waals surface area contributed by atoms with Gasteiger partial charge in [-0.2, -0.15) is 0 Å². The molecule has 42 heavy (non-hydrogen) atoms. The minimum Gasteiger partial charge on any atom is -0.481 e. The van der Waals surface area contributed by atoms with E-state index in [-0.39, 0.29) is 18.5 Å². The zero-order valence-electron chi connectivity index (χ0n) is 28.6. The lowest BCUT2D eigenvalue weighted by Crippen LogP contribution is -2.17. The normalized spacial score (nSPS) is 12.0. The minimum atomic E-state index is -0.747. The molecule has 1 N–H and O–H groups in total. The zero-order chi connectivity index (χ0) is 30.8. The summed E-state index contributed by atoms with van der Waals surface area (Å²) in [5.41, 5.74) is 0. The number of carbonyl (C=O) groups is 2. The molecule has 0 saturated carbocycles. The van der Waals surface area contributed by atoms with Crippen LogP contribution in [-0.4, -0.2) is 23.7 Å². The van der Waals surface area contributed by atoms with Crippen molar-refractivity contribution in [3.8, 4) is 0 Å². The van der Waals surface area contributed by atoms with Crippen LogP contribution in [0.1, 0.15) is 219 Å². The van der Waals surface area contributed by atoms with Crippen LogP contribution in [0.15, 0.2) is 0 Å². The molecule has 1 unspecified atom stereocenters. The van der Waals surface area contributed by atoms with E-state index < -0.39 is 5.97 Å². The van der Waals surface area contributed by atoms with Gasteiger partial charge in [-0.05, 0) is 19.3 Å². The van der Waals surface area contributed by atoms with E-state index in [1.165, 1.54) is 161 Å². The van der Waals surface area contributed by atoms with Crippen LogP contribution >= 0.6 is 0 Å². The molecule has 4 nitrogen and oxygen atoms in total. The summed E-state index contributed by atoms with van der Waals surface area (Å²) in [4.78, 5) is 23.7. The van der Waals surface area contributed by atoms with Gasteiger partial charge in [0, 0.05) is 6.42 Å². The number of hydrogen-bond donors (Lipinski definition) is 1. The first kappa shape index (κ1) is 40.9. The molecule has 0 spiro atoms. The maximum Gasteiger partial charge on any atom is 0.306 e. The van der Waals surface area contributed by atoms with E-state index in [4.69, 9.17) is 4.74 Å². The van der Waals surface area contributed by atoms with Crippen LogP contribution in [0.4, 0.5) is 0 Å². The molecular formula is C38H74O4. The molecule has 0 bridgehead atoms. The Morgan fingerprint density at radius 3 is 1.10 bits per heavy atom. The summed E-state index contributed by atoms with van der Waals surface area (Å²) < 4.78 is 5.36. The van der Waals surface area contributed by atoms with E-state index in [2.05, 4.69) is 13.8 Å². The molecule has 0 aromatic carbocycles. The minimum absolute atomic E-state index is 0.162. The number of carboxylic acids is 1. The van der Waals surface area contributed by atoms with Crippen LogP contribution in [0, 0.1) is 5.92 Å². The summed E-state index contributed by atoms with van der Waals surface area (Å²) in [5.74, 6) is -1.30. The van der Waals surface area contributed by atoms with E-state index in [0.717, 1.165) is 25.7 Å². The van der Waals surface area contributed by atoms with Crippen molar-refractivity contribution in [2.24, 2.45) is 5.92 Å². The summed E-state index contributed by atoms with van der Waals surface area (Å²) in [6, 6.07) is 0. The quantitative estimate of drug-likeness (QED) is 0.0585. The van der Waals surface area contributed by atoms with Crippen molar-refractivity contribution >= 4 is 11.9 Å². The molecule has 4 heteroatoms. The van der Waals surface area contributed by atoms with Crippen molar-refractivity contribution in [2.45, 2.75) is 219 Å². The lowest BCUT2D eigenvalue weighted by Gasteiger charge is -2.12. The largest absolute Gasteiger partial charge is 0.481 e. The molecule has 0 rings (SSSR count). The third-order valence-electron chi connectivity index (χ3n) is 8.97. The van der Waals surface area contributed by atoms with Gasteiger partial charge in [0.05, 0.1) is 12.5 Å². The molecule has 0 aliphatic carbocycles. The first-order chi connectivity index (χ1) is 20.6. The van der Waals surface area contributed by atoms with Gasteiger partial charge in [-0.25, -0.2) is 0 Å². The third-order valence-corrected chi connectivity index (χ3v) is 8.97.